The van der Waals surface area contributed by atoms with Gasteiger partial charge in [0.1, 0.15) is 0 Å². The number of carbonyl (C=O) groups excluding carboxylic acids is 1. The Labute approximate surface area is 115 Å². The zero-order valence-electron chi connectivity index (χ0n) is 11.9. The first kappa shape index (κ1) is 14.1. The topological polar surface area (TPSA) is 55.1 Å². The van der Waals surface area contributed by atoms with Crippen LogP contribution in [0, 0.1) is 0 Å². The quantitative estimate of drug-likeness (QED) is 0.873. The Morgan fingerprint density at radius 1 is 1.42 bits per heavy atom. The number of benzene rings is 1. The fourth-order valence-corrected chi connectivity index (χ4v) is 2.77. The molecule has 2 rings (SSSR count). The molecule has 1 aromatic rings. The first-order chi connectivity index (χ1) is 9.02. The van der Waals surface area contributed by atoms with Crippen molar-refractivity contribution in [3.63, 3.8) is 0 Å². The molecule has 1 aromatic carbocycles. The van der Waals surface area contributed by atoms with Crippen LogP contribution in [-0.2, 0) is 11.2 Å². The Morgan fingerprint density at radius 2 is 2.16 bits per heavy atom. The third kappa shape index (κ3) is 3.57. The molecular weight excluding hydrogens is 236 g/mol. The van der Waals surface area contributed by atoms with Crippen LogP contribution in [0.1, 0.15) is 50.2 Å². The van der Waals surface area contributed by atoms with Crippen LogP contribution < -0.4 is 11.1 Å². The van der Waals surface area contributed by atoms with Crippen molar-refractivity contribution >= 4 is 5.91 Å². The minimum atomic E-state index is -0.314. The maximum absolute atomic E-state index is 12.1. The van der Waals surface area contributed by atoms with Gasteiger partial charge in [-0.05, 0) is 50.2 Å². The van der Waals surface area contributed by atoms with E-state index in [2.05, 4.69) is 29.6 Å². The van der Waals surface area contributed by atoms with Gasteiger partial charge in [0.05, 0.1) is 0 Å². The van der Waals surface area contributed by atoms with Crippen molar-refractivity contribution in [2.45, 2.75) is 51.0 Å². The van der Waals surface area contributed by atoms with Gasteiger partial charge in [-0.3, -0.25) is 4.79 Å². The summed E-state index contributed by atoms with van der Waals surface area (Å²) in [6.45, 7) is 4.37. The molecule has 0 saturated carbocycles. The Morgan fingerprint density at radius 3 is 2.89 bits per heavy atom. The molecule has 3 heteroatoms. The number of fused-ring (bicyclic) bond motifs is 1. The molecule has 19 heavy (non-hydrogen) atoms. The maximum atomic E-state index is 12.1. The largest absolute Gasteiger partial charge is 0.350 e. The van der Waals surface area contributed by atoms with Crippen LogP contribution in [0.25, 0.3) is 0 Å². The van der Waals surface area contributed by atoms with E-state index in [9.17, 15) is 4.79 Å². The van der Waals surface area contributed by atoms with Crippen LogP contribution in [0.3, 0.4) is 0 Å². The third-order valence-corrected chi connectivity index (χ3v) is 3.91. The summed E-state index contributed by atoms with van der Waals surface area (Å²) in [6.07, 6.45) is 3.99. The second kappa shape index (κ2) is 5.74. The molecule has 0 spiro atoms. The minimum Gasteiger partial charge on any atom is -0.350 e. The molecule has 0 radical (unpaired) electrons. The molecule has 0 saturated heterocycles. The van der Waals surface area contributed by atoms with Crippen LogP contribution >= 0.6 is 0 Å². The summed E-state index contributed by atoms with van der Waals surface area (Å²) in [4.78, 5) is 12.1. The molecule has 3 N–H and O–H groups in total. The lowest BCUT2D eigenvalue weighted by Crippen LogP contribution is -2.49. The molecule has 1 amide bonds. The van der Waals surface area contributed by atoms with Crippen molar-refractivity contribution < 1.29 is 4.79 Å². The van der Waals surface area contributed by atoms with E-state index in [1.807, 2.05) is 13.8 Å². The van der Waals surface area contributed by atoms with Crippen molar-refractivity contribution in [1.82, 2.24) is 5.32 Å². The highest BCUT2D eigenvalue weighted by atomic mass is 16.1. The van der Waals surface area contributed by atoms with Crippen molar-refractivity contribution in [2.24, 2.45) is 5.73 Å². The fraction of sp³-hybridized carbons (Fsp3) is 0.562. The Kier molecular flexibility index (Phi) is 4.25. The van der Waals surface area contributed by atoms with E-state index in [4.69, 9.17) is 5.73 Å². The average molecular weight is 260 g/mol. The number of rotatable bonds is 4. The number of aryl methyl sites for hydroxylation is 1. The predicted molar refractivity (Wildman–Crippen MR) is 78.0 cm³/mol. The zero-order chi connectivity index (χ0) is 13.9. The molecule has 0 heterocycles. The van der Waals surface area contributed by atoms with E-state index in [1.54, 1.807) is 0 Å². The van der Waals surface area contributed by atoms with Gasteiger partial charge in [0.25, 0.3) is 0 Å². The predicted octanol–water partition coefficient (Wildman–Crippen LogP) is 2.35. The SMILES string of the molecule is CC(C)(CN)NC(=O)CC1CCCc2ccccc21. The first-order valence-corrected chi connectivity index (χ1v) is 7.11. The highest BCUT2D eigenvalue weighted by Crippen LogP contribution is 2.33. The van der Waals surface area contributed by atoms with E-state index in [0.29, 0.717) is 18.9 Å². The summed E-state index contributed by atoms with van der Waals surface area (Å²) in [7, 11) is 0. The minimum absolute atomic E-state index is 0.108. The molecule has 3 nitrogen and oxygen atoms in total. The van der Waals surface area contributed by atoms with Gasteiger partial charge in [-0.25, -0.2) is 0 Å². The lowest BCUT2D eigenvalue weighted by molar-refractivity contribution is -0.123. The third-order valence-electron chi connectivity index (χ3n) is 3.91. The summed E-state index contributed by atoms with van der Waals surface area (Å²) in [5.41, 5.74) is 8.10. The molecule has 1 unspecified atom stereocenters. The highest BCUT2D eigenvalue weighted by molar-refractivity contribution is 5.77. The van der Waals surface area contributed by atoms with Crippen molar-refractivity contribution in [3.8, 4) is 0 Å². The van der Waals surface area contributed by atoms with Gasteiger partial charge in [-0.15, -0.1) is 0 Å². The molecule has 104 valence electrons. The van der Waals surface area contributed by atoms with Gasteiger partial charge < -0.3 is 11.1 Å². The van der Waals surface area contributed by atoms with Gasteiger partial charge in [-0.1, -0.05) is 24.3 Å². The van der Waals surface area contributed by atoms with E-state index < -0.39 is 0 Å². The Balaban J connectivity index is 2.03. The molecule has 0 bridgehead atoms. The summed E-state index contributed by atoms with van der Waals surface area (Å²) in [5, 5.41) is 3.02. The molecule has 1 aliphatic carbocycles. The van der Waals surface area contributed by atoms with Crippen LogP contribution in [0.4, 0.5) is 0 Å². The van der Waals surface area contributed by atoms with Crippen LogP contribution in [0.5, 0.6) is 0 Å². The van der Waals surface area contributed by atoms with Crippen LogP contribution in [-0.4, -0.2) is 18.0 Å². The van der Waals surface area contributed by atoms with Crippen molar-refractivity contribution in [1.29, 1.82) is 0 Å². The molecule has 0 fully saturated rings. The second-order valence-corrected chi connectivity index (χ2v) is 6.13. The van der Waals surface area contributed by atoms with E-state index in [-0.39, 0.29) is 11.4 Å². The lowest BCUT2D eigenvalue weighted by Gasteiger charge is -2.28. The molecule has 1 aliphatic rings. The van der Waals surface area contributed by atoms with Gasteiger partial charge in [0.15, 0.2) is 0 Å². The molecule has 0 aromatic heterocycles. The average Bonchev–Trinajstić information content (AvgIpc) is 2.38. The first-order valence-electron chi connectivity index (χ1n) is 7.11. The van der Waals surface area contributed by atoms with Crippen LogP contribution in [0.2, 0.25) is 0 Å². The molecule has 1 atom stereocenters. The van der Waals surface area contributed by atoms with Crippen molar-refractivity contribution in [2.75, 3.05) is 6.54 Å². The smallest absolute Gasteiger partial charge is 0.221 e. The zero-order valence-corrected chi connectivity index (χ0v) is 11.9. The summed E-state index contributed by atoms with van der Waals surface area (Å²) >= 11 is 0. The van der Waals surface area contributed by atoms with Gasteiger partial charge in [-0.2, -0.15) is 0 Å². The van der Waals surface area contributed by atoms with Gasteiger partial charge in [0.2, 0.25) is 5.91 Å². The standard InChI is InChI=1S/C16H24N2O/c1-16(2,11-17)18-15(19)10-13-8-5-7-12-6-3-4-9-14(12)13/h3-4,6,9,13H,5,7-8,10-11,17H2,1-2H3,(H,18,19). The fourth-order valence-electron chi connectivity index (χ4n) is 2.77. The summed E-state index contributed by atoms with van der Waals surface area (Å²) < 4.78 is 0. The van der Waals surface area contributed by atoms with Crippen LogP contribution in [0.15, 0.2) is 24.3 Å². The van der Waals surface area contributed by atoms with E-state index in [1.165, 1.54) is 17.5 Å². The van der Waals surface area contributed by atoms with E-state index in [0.717, 1.165) is 12.8 Å². The highest BCUT2D eigenvalue weighted by Gasteiger charge is 2.25. The normalized spacial score (nSPS) is 18.8. The van der Waals surface area contributed by atoms with E-state index >= 15 is 0 Å². The number of amides is 1. The number of nitrogens with one attached hydrogen (secondary N) is 1. The molecule has 0 aliphatic heterocycles. The van der Waals surface area contributed by atoms with Gasteiger partial charge in [0, 0.05) is 18.5 Å². The number of hydrogen-bond acceptors (Lipinski definition) is 2. The number of hydrogen-bond donors (Lipinski definition) is 2. The Hall–Kier alpha value is -1.35. The van der Waals surface area contributed by atoms with Gasteiger partial charge >= 0.3 is 0 Å². The summed E-state index contributed by atoms with van der Waals surface area (Å²) in [6, 6.07) is 8.50. The van der Waals surface area contributed by atoms with Crippen molar-refractivity contribution in [3.05, 3.63) is 35.4 Å². The Bertz CT molecular complexity index is 454. The number of carbonyl (C=O) groups is 1. The monoisotopic (exact) mass is 260 g/mol. The molecular formula is C16H24N2O. The number of nitrogens with two attached hydrogens (primary N) is 1. The maximum Gasteiger partial charge on any atom is 0.221 e. The second-order valence-electron chi connectivity index (χ2n) is 6.13. The lowest BCUT2D eigenvalue weighted by atomic mass is 9.81. The summed E-state index contributed by atoms with van der Waals surface area (Å²) in [5.74, 6) is 0.468.